The Balaban J connectivity index is 1.61. The van der Waals surface area contributed by atoms with E-state index in [0.717, 1.165) is 6.20 Å². The van der Waals surface area contributed by atoms with Crippen LogP contribution < -0.4 is 11.1 Å². The molecular weight excluding hydrogens is 450 g/mol. The van der Waals surface area contributed by atoms with Crippen molar-refractivity contribution in [2.45, 2.75) is 6.54 Å². The van der Waals surface area contributed by atoms with Gasteiger partial charge in [-0.2, -0.15) is 0 Å². The lowest BCUT2D eigenvalue weighted by molar-refractivity contribution is 0.0946. The Morgan fingerprint density at radius 2 is 1.63 bits per heavy atom. The molecule has 0 atom stereocenters. The number of rotatable bonds is 5. The number of hydrogen-bond donors (Lipinski definition) is 2. The van der Waals surface area contributed by atoms with Gasteiger partial charge in [-0.1, -0.05) is 12.1 Å². The number of pyridine rings is 2. The van der Waals surface area contributed by atoms with Gasteiger partial charge < -0.3 is 11.1 Å². The van der Waals surface area contributed by atoms with Crippen LogP contribution in [-0.2, 0) is 6.54 Å². The minimum absolute atomic E-state index is 0.0701. The van der Waals surface area contributed by atoms with E-state index in [9.17, 15) is 13.6 Å². The van der Waals surface area contributed by atoms with E-state index in [-0.39, 0.29) is 18.1 Å². The first kappa shape index (κ1) is 22.0. The number of nitrogens with one attached hydrogen (secondary N) is 1. The number of nitrogen functional groups attached to an aromatic ring is 1. The predicted octanol–water partition coefficient (Wildman–Crippen LogP) is 4.54. The second-order valence-corrected chi connectivity index (χ2v) is 7.73. The minimum atomic E-state index is -0.527. The highest BCUT2D eigenvalue weighted by molar-refractivity contribution is 5.98. The van der Waals surface area contributed by atoms with Crippen molar-refractivity contribution in [2.24, 2.45) is 0 Å². The van der Waals surface area contributed by atoms with E-state index in [2.05, 4.69) is 25.3 Å². The first-order chi connectivity index (χ1) is 17.0. The summed E-state index contributed by atoms with van der Waals surface area (Å²) in [5, 5.41) is 3.29. The van der Waals surface area contributed by atoms with E-state index < -0.39 is 17.5 Å². The lowest BCUT2D eigenvalue weighted by atomic mass is 10.0. The molecule has 9 heteroatoms. The molecule has 7 nitrogen and oxygen atoms in total. The number of anilines is 1. The first-order valence-electron chi connectivity index (χ1n) is 10.7. The fraction of sp³-hybridized carbons (Fsp3) is 0.0385. The first-order valence-corrected chi connectivity index (χ1v) is 10.7. The quantitative estimate of drug-likeness (QED) is 0.392. The number of fused-ring (bicyclic) bond motifs is 1. The van der Waals surface area contributed by atoms with E-state index >= 15 is 0 Å². The molecule has 0 saturated heterocycles. The lowest BCUT2D eigenvalue weighted by Crippen LogP contribution is -2.26. The van der Waals surface area contributed by atoms with E-state index in [1.54, 1.807) is 48.7 Å². The van der Waals surface area contributed by atoms with Gasteiger partial charge >= 0.3 is 0 Å². The Morgan fingerprint density at radius 3 is 2.40 bits per heavy atom. The Kier molecular flexibility index (Phi) is 5.80. The average molecular weight is 468 g/mol. The summed E-state index contributed by atoms with van der Waals surface area (Å²) in [5.41, 5.74) is 9.13. The average Bonchev–Trinajstić information content (AvgIpc) is 2.88. The lowest BCUT2D eigenvalue weighted by Gasteiger charge is -2.14. The summed E-state index contributed by atoms with van der Waals surface area (Å²) >= 11 is 0. The highest BCUT2D eigenvalue weighted by Crippen LogP contribution is 2.32. The topological polar surface area (TPSA) is 107 Å². The smallest absolute Gasteiger partial charge is 0.274 e. The molecule has 3 aromatic heterocycles. The van der Waals surface area contributed by atoms with Crippen LogP contribution in [0.2, 0.25) is 0 Å². The maximum absolute atomic E-state index is 13.8. The molecule has 0 fully saturated rings. The number of carbonyl (C=O) groups is 1. The van der Waals surface area contributed by atoms with Crippen LogP contribution in [0.1, 0.15) is 16.2 Å². The van der Waals surface area contributed by atoms with Gasteiger partial charge in [0.05, 0.1) is 35.3 Å². The van der Waals surface area contributed by atoms with Gasteiger partial charge in [-0.25, -0.2) is 18.7 Å². The Labute approximate surface area is 198 Å². The van der Waals surface area contributed by atoms with Crippen LogP contribution in [0.5, 0.6) is 0 Å². The standard InChI is InChI=1S/C26H18F2N6O/c27-18-7-4-15(5-8-18)22-23(16-6-9-21-17(11-16)12-19(28)13-31-21)33-24(25(29)34-22)26(35)32-14-20-3-1-2-10-30-20/h1-13H,14H2,(H2,29,34)(H,32,35). The molecule has 35 heavy (non-hydrogen) atoms. The number of benzene rings is 2. The summed E-state index contributed by atoms with van der Waals surface area (Å²) in [5.74, 6) is -1.50. The highest BCUT2D eigenvalue weighted by Gasteiger charge is 2.20. The number of hydrogen-bond acceptors (Lipinski definition) is 6. The molecule has 5 rings (SSSR count). The maximum Gasteiger partial charge on any atom is 0.274 e. The Hall–Kier alpha value is -4.79. The summed E-state index contributed by atoms with van der Waals surface area (Å²) in [4.78, 5) is 30.2. The van der Waals surface area contributed by atoms with Gasteiger partial charge in [0, 0.05) is 22.7 Å². The molecule has 0 unspecified atom stereocenters. The second kappa shape index (κ2) is 9.22. The maximum atomic E-state index is 13.8. The molecule has 5 aromatic rings. The molecule has 1 amide bonds. The van der Waals surface area contributed by atoms with Crippen LogP contribution in [0.3, 0.4) is 0 Å². The van der Waals surface area contributed by atoms with Crippen LogP contribution in [0.4, 0.5) is 14.6 Å². The van der Waals surface area contributed by atoms with Gasteiger partial charge in [-0.15, -0.1) is 0 Å². The number of amides is 1. The zero-order valence-corrected chi connectivity index (χ0v) is 18.2. The third-order valence-electron chi connectivity index (χ3n) is 5.33. The predicted molar refractivity (Wildman–Crippen MR) is 128 cm³/mol. The van der Waals surface area contributed by atoms with Crippen LogP contribution in [0.25, 0.3) is 33.4 Å². The van der Waals surface area contributed by atoms with Crippen molar-refractivity contribution < 1.29 is 13.6 Å². The van der Waals surface area contributed by atoms with Crippen molar-refractivity contribution in [3.8, 4) is 22.5 Å². The van der Waals surface area contributed by atoms with Crippen LogP contribution in [-0.4, -0.2) is 25.8 Å². The van der Waals surface area contributed by atoms with Gasteiger partial charge in [0.15, 0.2) is 11.5 Å². The number of carbonyl (C=O) groups excluding carboxylic acids is 1. The van der Waals surface area contributed by atoms with Crippen molar-refractivity contribution in [3.05, 3.63) is 102 Å². The van der Waals surface area contributed by atoms with Crippen LogP contribution in [0.15, 0.2) is 79.1 Å². The number of aromatic nitrogens is 4. The van der Waals surface area contributed by atoms with Gasteiger partial charge in [0.1, 0.15) is 11.6 Å². The molecule has 0 radical (unpaired) electrons. The van der Waals surface area contributed by atoms with Gasteiger partial charge in [-0.3, -0.25) is 14.8 Å². The molecule has 0 aliphatic rings. The van der Waals surface area contributed by atoms with Crippen molar-refractivity contribution in [1.29, 1.82) is 0 Å². The van der Waals surface area contributed by atoms with E-state index in [1.807, 2.05) is 6.07 Å². The molecule has 0 bridgehead atoms. The zero-order chi connectivity index (χ0) is 24.4. The highest BCUT2D eigenvalue weighted by atomic mass is 19.1. The third kappa shape index (κ3) is 4.65. The fourth-order valence-corrected chi connectivity index (χ4v) is 3.64. The second-order valence-electron chi connectivity index (χ2n) is 7.73. The molecule has 3 N–H and O–H groups in total. The minimum Gasteiger partial charge on any atom is -0.382 e. The Morgan fingerprint density at radius 1 is 0.857 bits per heavy atom. The Bertz CT molecular complexity index is 1540. The number of nitrogens with zero attached hydrogens (tertiary/aromatic N) is 4. The van der Waals surface area contributed by atoms with Gasteiger partial charge in [-0.05, 0) is 54.6 Å². The summed E-state index contributed by atoms with van der Waals surface area (Å²) in [7, 11) is 0. The normalized spacial score (nSPS) is 10.9. The molecule has 0 spiro atoms. The molecule has 3 heterocycles. The van der Waals surface area contributed by atoms with E-state index in [1.165, 1.54) is 18.2 Å². The van der Waals surface area contributed by atoms with Crippen LogP contribution in [0, 0.1) is 11.6 Å². The van der Waals surface area contributed by atoms with Crippen molar-refractivity contribution in [2.75, 3.05) is 5.73 Å². The molecule has 172 valence electrons. The van der Waals surface area contributed by atoms with Gasteiger partial charge in [0.2, 0.25) is 0 Å². The summed E-state index contributed by atoms with van der Waals surface area (Å²) in [6, 6.07) is 17.6. The fourth-order valence-electron chi connectivity index (χ4n) is 3.64. The van der Waals surface area contributed by atoms with E-state index in [4.69, 9.17) is 5.73 Å². The molecule has 2 aromatic carbocycles. The third-order valence-corrected chi connectivity index (χ3v) is 5.33. The summed E-state index contributed by atoms with van der Waals surface area (Å²) in [6.45, 7) is 0.177. The van der Waals surface area contributed by atoms with E-state index in [0.29, 0.717) is 39.1 Å². The summed E-state index contributed by atoms with van der Waals surface area (Å²) in [6.07, 6.45) is 2.77. The SMILES string of the molecule is Nc1nc(-c2ccc(F)cc2)c(-c2ccc3ncc(F)cc3c2)nc1C(=O)NCc1ccccn1. The number of nitrogens with two attached hydrogens (primary N) is 1. The van der Waals surface area contributed by atoms with Crippen LogP contribution >= 0.6 is 0 Å². The number of halogens is 2. The monoisotopic (exact) mass is 468 g/mol. The summed E-state index contributed by atoms with van der Waals surface area (Å²) < 4.78 is 27.4. The van der Waals surface area contributed by atoms with Gasteiger partial charge in [0.25, 0.3) is 5.91 Å². The molecule has 0 aliphatic heterocycles. The van der Waals surface area contributed by atoms with Crippen molar-refractivity contribution in [3.63, 3.8) is 0 Å². The van der Waals surface area contributed by atoms with Crippen molar-refractivity contribution in [1.82, 2.24) is 25.3 Å². The zero-order valence-electron chi connectivity index (χ0n) is 18.2. The molecule has 0 saturated carbocycles. The molecule has 0 aliphatic carbocycles. The molecular formula is C26H18F2N6O. The van der Waals surface area contributed by atoms with Crippen molar-refractivity contribution >= 4 is 22.6 Å². The largest absolute Gasteiger partial charge is 0.382 e.